The average molecular weight is 196 g/mol. The van der Waals surface area contributed by atoms with Crippen molar-refractivity contribution < 1.29 is 14.6 Å². The SMILES string of the molecule is COC(C[C@@H](O)c1ccccc1)OC. The van der Waals surface area contributed by atoms with Crippen molar-refractivity contribution in [3.8, 4) is 0 Å². The number of aliphatic hydroxyl groups is 1. The van der Waals surface area contributed by atoms with Crippen LogP contribution in [-0.2, 0) is 9.47 Å². The summed E-state index contributed by atoms with van der Waals surface area (Å²) in [6.07, 6.45) is -0.455. The van der Waals surface area contributed by atoms with Crippen LogP contribution in [0.3, 0.4) is 0 Å². The molecule has 0 saturated carbocycles. The molecule has 1 atom stereocenters. The number of ether oxygens (including phenoxy) is 2. The lowest BCUT2D eigenvalue weighted by Gasteiger charge is -2.17. The van der Waals surface area contributed by atoms with Crippen molar-refractivity contribution in [1.29, 1.82) is 0 Å². The predicted molar refractivity (Wildman–Crippen MR) is 53.8 cm³/mol. The highest BCUT2D eigenvalue weighted by Gasteiger charge is 2.14. The Kier molecular flexibility index (Phi) is 4.59. The fourth-order valence-electron chi connectivity index (χ4n) is 1.28. The Morgan fingerprint density at radius 1 is 1.14 bits per heavy atom. The summed E-state index contributed by atoms with van der Waals surface area (Å²) < 4.78 is 10.0. The van der Waals surface area contributed by atoms with Crippen LogP contribution in [-0.4, -0.2) is 25.6 Å². The molecule has 0 aromatic heterocycles. The first-order valence-electron chi connectivity index (χ1n) is 4.56. The summed E-state index contributed by atoms with van der Waals surface area (Å²) in [6.45, 7) is 0. The van der Waals surface area contributed by atoms with E-state index < -0.39 is 6.10 Å². The zero-order valence-electron chi connectivity index (χ0n) is 8.51. The maximum absolute atomic E-state index is 9.79. The number of aliphatic hydroxyl groups excluding tert-OH is 1. The first-order chi connectivity index (χ1) is 6.77. The van der Waals surface area contributed by atoms with Gasteiger partial charge in [-0.15, -0.1) is 0 Å². The predicted octanol–water partition coefficient (Wildman–Crippen LogP) is 1.73. The van der Waals surface area contributed by atoms with E-state index in [0.717, 1.165) is 5.56 Å². The summed E-state index contributed by atoms with van der Waals surface area (Å²) in [6, 6.07) is 9.47. The minimum atomic E-state index is -0.541. The Balaban J connectivity index is 2.54. The van der Waals surface area contributed by atoms with E-state index in [9.17, 15) is 5.11 Å². The van der Waals surface area contributed by atoms with E-state index in [2.05, 4.69) is 0 Å². The van der Waals surface area contributed by atoms with E-state index in [1.165, 1.54) is 0 Å². The zero-order chi connectivity index (χ0) is 10.4. The van der Waals surface area contributed by atoms with Crippen LogP contribution in [0, 0.1) is 0 Å². The fraction of sp³-hybridized carbons (Fsp3) is 0.455. The van der Waals surface area contributed by atoms with Crippen molar-refractivity contribution in [3.63, 3.8) is 0 Å². The molecule has 0 radical (unpaired) electrons. The molecule has 1 aromatic rings. The number of rotatable bonds is 5. The van der Waals surface area contributed by atoms with Gasteiger partial charge >= 0.3 is 0 Å². The molecule has 0 bridgehead atoms. The van der Waals surface area contributed by atoms with E-state index in [-0.39, 0.29) is 6.29 Å². The molecule has 14 heavy (non-hydrogen) atoms. The van der Waals surface area contributed by atoms with Gasteiger partial charge in [0.25, 0.3) is 0 Å². The van der Waals surface area contributed by atoms with Gasteiger partial charge in [-0.1, -0.05) is 30.3 Å². The monoisotopic (exact) mass is 196 g/mol. The third-order valence-electron chi connectivity index (χ3n) is 2.13. The lowest BCUT2D eigenvalue weighted by molar-refractivity contribution is -0.123. The van der Waals surface area contributed by atoms with Gasteiger partial charge in [0.1, 0.15) is 0 Å². The molecule has 3 nitrogen and oxygen atoms in total. The van der Waals surface area contributed by atoms with Crippen LogP contribution in [0.25, 0.3) is 0 Å². The topological polar surface area (TPSA) is 38.7 Å². The maximum Gasteiger partial charge on any atom is 0.159 e. The number of benzene rings is 1. The van der Waals surface area contributed by atoms with Crippen molar-refractivity contribution in [3.05, 3.63) is 35.9 Å². The lowest BCUT2D eigenvalue weighted by Crippen LogP contribution is -2.16. The lowest BCUT2D eigenvalue weighted by atomic mass is 10.1. The summed E-state index contributed by atoms with van der Waals surface area (Å²) in [5.74, 6) is 0. The second-order valence-electron chi connectivity index (χ2n) is 3.06. The Hall–Kier alpha value is -0.900. The second kappa shape index (κ2) is 5.75. The highest BCUT2D eigenvalue weighted by molar-refractivity contribution is 5.17. The smallest absolute Gasteiger partial charge is 0.159 e. The molecular weight excluding hydrogens is 180 g/mol. The van der Waals surface area contributed by atoms with Gasteiger partial charge < -0.3 is 14.6 Å². The van der Waals surface area contributed by atoms with Gasteiger partial charge in [0.15, 0.2) is 6.29 Å². The quantitative estimate of drug-likeness (QED) is 0.729. The molecule has 0 fully saturated rings. The molecule has 1 N–H and O–H groups in total. The van der Waals surface area contributed by atoms with Crippen molar-refractivity contribution in [2.45, 2.75) is 18.8 Å². The van der Waals surface area contributed by atoms with Crippen LogP contribution < -0.4 is 0 Å². The minimum Gasteiger partial charge on any atom is -0.388 e. The van der Waals surface area contributed by atoms with Crippen LogP contribution in [0.5, 0.6) is 0 Å². The normalized spacial score (nSPS) is 13.1. The van der Waals surface area contributed by atoms with Crippen molar-refractivity contribution in [2.75, 3.05) is 14.2 Å². The maximum atomic E-state index is 9.79. The summed E-state index contributed by atoms with van der Waals surface area (Å²) in [5.41, 5.74) is 0.881. The standard InChI is InChI=1S/C11H16O3/c1-13-11(14-2)8-10(12)9-6-4-3-5-7-9/h3-7,10-12H,8H2,1-2H3/t10-/m1/s1. The fourth-order valence-corrected chi connectivity index (χ4v) is 1.28. The molecule has 3 heteroatoms. The van der Waals surface area contributed by atoms with Gasteiger partial charge in [-0.05, 0) is 5.56 Å². The molecule has 1 aromatic carbocycles. The van der Waals surface area contributed by atoms with Crippen LogP contribution in [0.4, 0.5) is 0 Å². The Bertz CT molecular complexity index is 244. The highest BCUT2D eigenvalue weighted by Crippen LogP contribution is 2.18. The molecule has 0 aliphatic heterocycles. The van der Waals surface area contributed by atoms with Gasteiger partial charge in [-0.3, -0.25) is 0 Å². The Morgan fingerprint density at radius 3 is 2.21 bits per heavy atom. The first-order valence-corrected chi connectivity index (χ1v) is 4.56. The molecule has 78 valence electrons. The Labute approximate surface area is 84.3 Å². The summed E-state index contributed by atoms with van der Waals surface area (Å²) in [4.78, 5) is 0. The van der Waals surface area contributed by atoms with Gasteiger partial charge in [0.2, 0.25) is 0 Å². The minimum absolute atomic E-state index is 0.356. The molecule has 0 amide bonds. The van der Waals surface area contributed by atoms with E-state index in [0.29, 0.717) is 6.42 Å². The largest absolute Gasteiger partial charge is 0.388 e. The third-order valence-corrected chi connectivity index (χ3v) is 2.13. The van der Waals surface area contributed by atoms with Crippen molar-refractivity contribution in [1.82, 2.24) is 0 Å². The van der Waals surface area contributed by atoms with E-state index >= 15 is 0 Å². The molecule has 0 aliphatic carbocycles. The number of methoxy groups -OCH3 is 2. The Morgan fingerprint density at radius 2 is 1.71 bits per heavy atom. The van der Waals surface area contributed by atoms with E-state index in [1.54, 1.807) is 14.2 Å². The number of hydrogen-bond donors (Lipinski definition) is 1. The van der Waals surface area contributed by atoms with Crippen LogP contribution in [0.2, 0.25) is 0 Å². The van der Waals surface area contributed by atoms with E-state index in [4.69, 9.17) is 9.47 Å². The van der Waals surface area contributed by atoms with Crippen molar-refractivity contribution in [2.24, 2.45) is 0 Å². The molecule has 1 rings (SSSR count). The molecule has 0 heterocycles. The molecule has 0 unspecified atom stereocenters. The van der Waals surface area contributed by atoms with Crippen LogP contribution in [0.15, 0.2) is 30.3 Å². The molecular formula is C11H16O3. The van der Waals surface area contributed by atoms with Gasteiger partial charge in [0, 0.05) is 20.6 Å². The van der Waals surface area contributed by atoms with Crippen molar-refractivity contribution >= 4 is 0 Å². The highest BCUT2D eigenvalue weighted by atomic mass is 16.7. The second-order valence-corrected chi connectivity index (χ2v) is 3.06. The van der Waals surface area contributed by atoms with E-state index in [1.807, 2.05) is 30.3 Å². The molecule has 0 saturated heterocycles. The number of hydrogen-bond acceptors (Lipinski definition) is 3. The van der Waals surface area contributed by atoms with Gasteiger partial charge in [0.05, 0.1) is 6.10 Å². The third kappa shape index (κ3) is 3.10. The summed E-state index contributed by atoms with van der Waals surface area (Å²) in [7, 11) is 3.12. The zero-order valence-corrected chi connectivity index (χ0v) is 8.51. The van der Waals surface area contributed by atoms with Gasteiger partial charge in [-0.2, -0.15) is 0 Å². The molecule has 0 aliphatic rings. The van der Waals surface area contributed by atoms with Crippen LogP contribution >= 0.6 is 0 Å². The van der Waals surface area contributed by atoms with Crippen LogP contribution in [0.1, 0.15) is 18.1 Å². The van der Waals surface area contributed by atoms with Gasteiger partial charge in [-0.25, -0.2) is 0 Å². The summed E-state index contributed by atoms with van der Waals surface area (Å²) in [5, 5.41) is 9.79. The molecule has 0 spiro atoms. The summed E-state index contributed by atoms with van der Waals surface area (Å²) >= 11 is 0. The first kappa shape index (κ1) is 11.2. The average Bonchev–Trinajstić information content (AvgIpc) is 2.26.